The number of likely N-dealkylation sites (N-methyl/N-ethyl adjacent to an activating group) is 1. The predicted molar refractivity (Wildman–Crippen MR) is 126 cm³/mol. The molecule has 0 bridgehead atoms. The molecule has 1 saturated carbocycles. The highest BCUT2D eigenvalue weighted by Crippen LogP contribution is 2.29. The second-order valence-corrected chi connectivity index (χ2v) is 9.77. The van der Waals surface area contributed by atoms with E-state index >= 15 is 0 Å². The number of aliphatic hydroxyl groups excluding tert-OH is 1. The number of hydrogen-bond acceptors (Lipinski definition) is 7. The number of nitrogens with zero attached hydrogens (tertiary/aromatic N) is 3. The van der Waals surface area contributed by atoms with E-state index in [0.717, 1.165) is 29.4 Å². The monoisotopic (exact) mass is 447 g/mol. The van der Waals surface area contributed by atoms with E-state index in [2.05, 4.69) is 40.3 Å². The van der Waals surface area contributed by atoms with Gasteiger partial charge in [-0.15, -0.1) is 11.3 Å². The number of benzene rings is 1. The van der Waals surface area contributed by atoms with Gasteiger partial charge in [-0.3, -0.25) is 4.90 Å². The summed E-state index contributed by atoms with van der Waals surface area (Å²) in [7, 11) is 5.85. The highest BCUT2D eigenvalue weighted by molar-refractivity contribution is 7.09. The zero-order valence-electron chi connectivity index (χ0n) is 19.3. The van der Waals surface area contributed by atoms with Crippen LogP contribution < -0.4 is 9.47 Å². The van der Waals surface area contributed by atoms with E-state index in [1.807, 2.05) is 19.1 Å². The third-order valence-corrected chi connectivity index (χ3v) is 6.73. The summed E-state index contributed by atoms with van der Waals surface area (Å²) in [6, 6.07) is 6.59. The topological polar surface area (TPSA) is 58.1 Å². The largest absolute Gasteiger partial charge is 0.493 e. The second kappa shape index (κ2) is 11.8. The lowest BCUT2D eigenvalue weighted by atomic mass is 9.94. The van der Waals surface area contributed by atoms with E-state index in [0.29, 0.717) is 24.1 Å². The summed E-state index contributed by atoms with van der Waals surface area (Å²) in [5.74, 6) is 1.37. The van der Waals surface area contributed by atoms with Crippen molar-refractivity contribution in [2.75, 3.05) is 34.4 Å². The maximum absolute atomic E-state index is 10.5. The molecule has 0 unspecified atom stereocenters. The van der Waals surface area contributed by atoms with Crippen molar-refractivity contribution >= 4 is 11.3 Å². The Bertz CT molecular complexity index is 807. The van der Waals surface area contributed by atoms with Gasteiger partial charge in [-0.25, -0.2) is 4.98 Å². The Kier molecular flexibility index (Phi) is 9.14. The summed E-state index contributed by atoms with van der Waals surface area (Å²) in [5, 5.41) is 13.7. The molecule has 1 fully saturated rings. The van der Waals surface area contributed by atoms with E-state index in [1.165, 1.54) is 32.1 Å². The van der Waals surface area contributed by atoms with Crippen molar-refractivity contribution in [1.29, 1.82) is 0 Å². The first kappa shape index (κ1) is 24.0. The molecule has 0 saturated heterocycles. The first-order chi connectivity index (χ1) is 14.9. The number of ether oxygens (including phenoxy) is 2. The molecular weight excluding hydrogens is 410 g/mol. The van der Waals surface area contributed by atoms with Gasteiger partial charge in [0.2, 0.25) is 0 Å². The van der Waals surface area contributed by atoms with Gasteiger partial charge < -0.3 is 19.5 Å². The fraction of sp³-hybridized carbons (Fsp3) is 0.625. The van der Waals surface area contributed by atoms with Crippen LogP contribution in [0.4, 0.5) is 0 Å². The fourth-order valence-corrected chi connectivity index (χ4v) is 4.90. The standard InChI is InChI=1S/C24H37N3O3S/c1-18-25-20(17-31-18)14-26(2)13-19-10-11-23(24(12-19)29-4)30-16-22(28)15-27(3)21-8-6-5-7-9-21/h10-12,17,21-22,28H,5-9,13-16H2,1-4H3/t22-/m0/s1. The fourth-order valence-electron chi connectivity index (χ4n) is 4.30. The quantitative estimate of drug-likeness (QED) is 0.560. The van der Waals surface area contributed by atoms with Crippen molar-refractivity contribution in [1.82, 2.24) is 14.8 Å². The molecule has 172 valence electrons. The van der Waals surface area contributed by atoms with E-state index in [9.17, 15) is 5.11 Å². The Balaban J connectivity index is 1.49. The average molecular weight is 448 g/mol. The third kappa shape index (κ3) is 7.45. The number of thiazole rings is 1. The van der Waals surface area contributed by atoms with Crippen molar-refractivity contribution in [3.05, 3.63) is 39.8 Å². The number of aryl methyl sites for hydroxylation is 1. The second-order valence-electron chi connectivity index (χ2n) is 8.71. The lowest BCUT2D eigenvalue weighted by molar-refractivity contribution is 0.0553. The van der Waals surface area contributed by atoms with Crippen LogP contribution in [0.5, 0.6) is 11.5 Å². The first-order valence-electron chi connectivity index (χ1n) is 11.2. The van der Waals surface area contributed by atoms with Crippen molar-refractivity contribution < 1.29 is 14.6 Å². The molecule has 0 amide bonds. The van der Waals surface area contributed by atoms with Gasteiger partial charge in [-0.1, -0.05) is 25.3 Å². The lowest BCUT2D eigenvalue weighted by Crippen LogP contribution is -2.40. The molecule has 31 heavy (non-hydrogen) atoms. The molecule has 1 aliphatic carbocycles. The molecule has 1 aliphatic rings. The summed E-state index contributed by atoms with van der Waals surface area (Å²) in [6.07, 6.45) is 5.87. The molecule has 0 spiro atoms. The van der Waals surface area contributed by atoms with Crippen LogP contribution in [0.3, 0.4) is 0 Å². The Labute approximate surface area is 190 Å². The van der Waals surface area contributed by atoms with Gasteiger partial charge in [0.15, 0.2) is 11.5 Å². The molecular formula is C24H37N3O3S. The highest BCUT2D eigenvalue weighted by Gasteiger charge is 2.20. The Morgan fingerprint density at radius 2 is 1.94 bits per heavy atom. The van der Waals surface area contributed by atoms with E-state index in [1.54, 1.807) is 18.4 Å². The molecule has 1 aromatic heterocycles. The number of rotatable bonds is 11. The summed E-state index contributed by atoms with van der Waals surface area (Å²) in [6.45, 7) is 4.53. The number of aromatic nitrogens is 1. The van der Waals surface area contributed by atoms with Crippen LogP contribution in [-0.2, 0) is 13.1 Å². The predicted octanol–water partition coefficient (Wildman–Crippen LogP) is 4.10. The Hall–Kier alpha value is -1.67. The van der Waals surface area contributed by atoms with Crippen molar-refractivity contribution in [3.8, 4) is 11.5 Å². The zero-order valence-corrected chi connectivity index (χ0v) is 20.2. The molecule has 1 aromatic carbocycles. The van der Waals surface area contributed by atoms with Gasteiger partial charge in [0.05, 0.1) is 17.8 Å². The average Bonchev–Trinajstić information content (AvgIpc) is 3.17. The molecule has 2 aromatic rings. The third-order valence-electron chi connectivity index (χ3n) is 5.91. The lowest BCUT2D eigenvalue weighted by Gasteiger charge is -2.32. The van der Waals surface area contributed by atoms with Crippen LogP contribution in [0.2, 0.25) is 0 Å². The van der Waals surface area contributed by atoms with E-state index in [-0.39, 0.29) is 6.61 Å². The van der Waals surface area contributed by atoms with E-state index < -0.39 is 6.10 Å². The smallest absolute Gasteiger partial charge is 0.161 e. The number of methoxy groups -OCH3 is 1. The van der Waals surface area contributed by atoms with Crippen LogP contribution in [-0.4, -0.2) is 66.4 Å². The molecule has 1 atom stereocenters. The van der Waals surface area contributed by atoms with Crippen LogP contribution >= 0.6 is 11.3 Å². The maximum Gasteiger partial charge on any atom is 0.161 e. The van der Waals surface area contributed by atoms with Gasteiger partial charge in [0, 0.05) is 31.1 Å². The molecule has 1 heterocycles. The highest BCUT2D eigenvalue weighted by atomic mass is 32.1. The van der Waals surface area contributed by atoms with Crippen molar-refractivity contribution in [2.24, 2.45) is 0 Å². The number of hydrogen-bond donors (Lipinski definition) is 1. The van der Waals surface area contributed by atoms with Crippen LogP contribution in [0.1, 0.15) is 48.4 Å². The summed E-state index contributed by atoms with van der Waals surface area (Å²) in [4.78, 5) is 9.05. The Morgan fingerprint density at radius 1 is 1.16 bits per heavy atom. The van der Waals surface area contributed by atoms with Crippen LogP contribution in [0, 0.1) is 6.92 Å². The number of aliphatic hydroxyl groups is 1. The summed E-state index contributed by atoms with van der Waals surface area (Å²) >= 11 is 1.68. The minimum absolute atomic E-state index is 0.260. The van der Waals surface area contributed by atoms with Gasteiger partial charge in [0.1, 0.15) is 12.7 Å². The molecule has 7 heteroatoms. The zero-order chi connectivity index (χ0) is 22.2. The van der Waals surface area contributed by atoms with Crippen LogP contribution in [0.15, 0.2) is 23.6 Å². The molecule has 1 N–H and O–H groups in total. The molecule has 0 radical (unpaired) electrons. The molecule has 0 aliphatic heterocycles. The Morgan fingerprint density at radius 3 is 2.61 bits per heavy atom. The minimum atomic E-state index is -0.524. The maximum atomic E-state index is 10.5. The van der Waals surface area contributed by atoms with Gasteiger partial charge in [-0.05, 0) is 51.6 Å². The summed E-state index contributed by atoms with van der Waals surface area (Å²) < 4.78 is 11.5. The summed E-state index contributed by atoms with van der Waals surface area (Å²) in [5.41, 5.74) is 2.25. The van der Waals surface area contributed by atoms with Crippen molar-refractivity contribution in [2.45, 2.75) is 64.3 Å². The minimum Gasteiger partial charge on any atom is -0.493 e. The van der Waals surface area contributed by atoms with Gasteiger partial charge >= 0.3 is 0 Å². The van der Waals surface area contributed by atoms with Crippen LogP contribution in [0.25, 0.3) is 0 Å². The SMILES string of the molecule is COc1cc(CN(C)Cc2csc(C)n2)ccc1OC[C@@H](O)CN(C)C1CCCCC1. The first-order valence-corrected chi connectivity index (χ1v) is 12.1. The van der Waals surface area contributed by atoms with Gasteiger partial charge in [-0.2, -0.15) is 0 Å². The molecule has 3 rings (SSSR count). The normalized spacial score (nSPS) is 16.1. The van der Waals surface area contributed by atoms with Crippen molar-refractivity contribution in [3.63, 3.8) is 0 Å². The molecule has 6 nitrogen and oxygen atoms in total. The van der Waals surface area contributed by atoms with E-state index in [4.69, 9.17) is 9.47 Å². The van der Waals surface area contributed by atoms with Gasteiger partial charge in [0.25, 0.3) is 0 Å².